The van der Waals surface area contributed by atoms with E-state index in [4.69, 9.17) is 9.47 Å². The van der Waals surface area contributed by atoms with Crippen LogP contribution in [-0.2, 0) is 16.0 Å². The quantitative estimate of drug-likeness (QED) is 0.806. The van der Waals surface area contributed by atoms with E-state index in [-0.39, 0.29) is 24.2 Å². The van der Waals surface area contributed by atoms with E-state index in [9.17, 15) is 9.59 Å². The first kappa shape index (κ1) is 17.1. The molecule has 1 atom stereocenters. The number of carbonyl (C=O) groups excluding carboxylic acids is 2. The van der Waals surface area contributed by atoms with E-state index < -0.39 is 0 Å². The molecule has 2 aromatic carbocycles. The number of benzene rings is 2. The van der Waals surface area contributed by atoms with Crippen molar-refractivity contribution in [3.05, 3.63) is 47.5 Å². The molecule has 0 radical (unpaired) electrons. The zero-order valence-electron chi connectivity index (χ0n) is 15.8. The van der Waals surface area contributed by atoms with Crippen LogP contribution in [0.4, 0.5) is 11.4 Å². The van der Waals surface area contributed by atoms with E-state index in [1.165, 1.54) is 5.56 Å². The summed E-state index contributed by atoms with van der Waals surface area (Å²) in [6.07, 6.45) is 1.11. The summed E-state index contributed by atoms with van der Waals surface area (Å²) in [5.74, 6) is 1.03. The zero-order chi connectivity index (χ0) is 19.3. The third-order valence-electron chi connectivity index (χ3n) is 5.77. The van der Waals surface area contributed by atoms with Crippen molar-refractivity contribution in [1.82, 2.24) is 0 Å². The van der Waals surface area contributed by atoms with Crippen LogP contribution in [-0.4, -0.2) is 38.1 Å². The van der Waals surface area contributed by atoms with E-state index in [1.54, 1.807) is 4.90 Å². The highest BCUT2D eigenvalue weighted by molar-refractivity contribution is 6.05. The summed E-state index contributed by atoms with van der Waals surface area (Å²) < 4.78 is 11.2. The van der Waals surface area contributed by atoms with Gasteiger partial charge in [0.15, 0.2) is 11.5 Å². The molecule has 6 nitrogen and oxygen atoms in total. The molecular weight excluding hydrogens is 356 g/mol. The molecule has 2 aromatic rings. The maximum Gasteiger partial charge on any atom is 0.232 e. The maximum absolute atomic E-state index is 13.2. The molecule has 144 valence electrons. The normalized spacial score (nSPS) is 20.5. The molecule has 0 aromatic heterocycles. The Bertz CT molecular complexity index is 971. The molecule has 3 aliphatic heterocycles. The Hall–Kier alpha value is -3.02. The SMILES string of the molecule is Cc1cccc2c1N(C(=O)C1CC(=O)N(c3ccc4c(c3)OCCO4)C1)CC2. The van der Waals surface area contributed by atoms with Gasteiger partial charge in [0.05, 0.1) is 5.92 Å². The molecule has 0 N–H and O–H groups in total. The van der Waals surface area contributed by atoms with E-state index in [2.05, 4.69) is 6.07 Å². The molecule has 0 aliphatic carbocycles. The van der Waals surface area contributed by atoms with Crippen LogP contribution in [0.2, 0.25) is 0 Å². The number of anilines is 2. The van der Waals surface area contributed by atoms with E-state index in [0.717, 1.165) is 23.4 Å². The van der Waals surface area contributed by atoms with Gasteiger partial charge in [-0.05, 0) is 36.6 Å². The molecule has 1 unspecified atom stereocenters. The molecule has 1 fully saturated rings. The van der Waals surface area contributed by atoms with Gasteiger partial charge in [-0.25, -0.2) is 0 Å². The lowest BCUT2D eigenvalue weighted by molar-refractivity contribution is -0.124. The fourth-order valence-corrected chi connectivity index (χ4v) is 4.41. The minimum atomic E-state index is -0.328. The Morgan fingerprint density at radius 2 is 1.93 bits per heavy atom. The summed E-state index contributed by atoms with van der Waals surface area (Å²) >= 11 is 0. The third kappa shape index (κ3) is 2.71. The number of hydrogen-bond donors (Lipinski definition) is 0. The average molecular weight is 378 g/mol. The van der Waals surface area contributed by atoms with Gasteiger partial charge in [0, 0.05) is 37.0 Å². The number of rotatable bonds is 2. The number of para-hydroxylation sites is 1. The predicted octanol–water partition coefficient (Wildman–Crippen LogP) is 2.71. The van der Waals surface area contributed by atoms with Crippen LogP contribution in [0.3, 0.4) is 0 Å². The molecule has 1 saturated heterocycles. The lowest BCUT2D eigenvalue weighted by atomic mass is 10.1. The highest BCUT2D eigenvalue weighted by atomic mass is 16.6. The van der Waals surface area contributed by atoms with Crippen molar-refractivity contribution in [3.8, 4) is 11.5 Å². The fourth-order valence-electron chi connectivity index (χ4n) is 4.41. The Kier molecular flexibility index (Phi) is 4.00. The van der Waals surface area contributed by atoms with Crippen LogP contribution < -0.4 is 19.3 Å². The minimum Gasteiger partial charge on any atom is -0.486 e. The van der Waals surface area contributed by atoms with Crippen molar-refractivity contribution < 1.29 is 19.1 Å². The lowest BCUT2D eigenvalue weighted by Gasteiger charge is -2.24. The van der Waals surface area contributed by atoms with Gasteiger partial charge in [-0.3, -0.25) is 9.59 Å². The van der Waals surface area contributed by atoms with Crippen molar-refractivity contribution >= 4 is 23.2 Å². The molecule has 2 amide bonds. The van der Waals surface area contributed by atoms with Gasteiger partial charge in [-0.15, -0.1) is 0 Å². The van der Waals surface area contributed by atoms with Crippen molar-refractivity contribution in [2.24, 2.45) is 5.92 Å². The largest absolute Gasteiger partial charge is 0.486 e. The minimum absolute atomic E-state index is 0.0285. The molecule has 5 rings (SSSR count). The Balaban J connectivity index is 1.37. The van der Waals surface area contributed by atoms with E-state index in [0.29, 0.717) is 37.8 Å². The van der Waals surface area contributed by atoms with Crippen LogP contribution in [0.1, 0.15) is 17.5 Å². The second kappa shape index (κ2) is 6.55. The van der Waals surface area contributed by atoms with Crippen molar-refractivity contribution in [3.63, 3.8) is 0 Å². The monoisotopic (exact) mass is 378 g/mol. The Morgan fingerprint density at radius 3 is 2.79 bits per heavy atom. The molecule has 6 heteroatoms. The van der Waals surface area contributed by atoms with Gasteiger partial charge in [-0.1, -0.05) is 18.2 Å². The maximum atomic E-state index is 13.2. The lowest BCUT2D eigenvalue weighted by Crippen LogP contribution is -2.36. The molecule has 28 heavy (non-hydrogen) atoms. The molecule has 3 aliphatic rings. The first-order valence-corrected chi connectivity index (χ1v) is 9.72. The van der Waals surface area contributed by atoms with Gasteiger partial charge in [0.2, 0.25) is 11.8 Å². The first-order valence-electron chi connectivity index (χ1n) is 9.72. The highest BCUT2D eigenvalue weighted by Crippen LogP contribution is 2.37. The smallest absolute Gasteiger partial charge is 0.232 e. The second-order valence-electron chi connectivity index (χ2n) is 7.56. The number of nitrogens with zero attached hydrogens (tertiary/aromatic N) is 2. The summed E-state index contributed by atoms with van der Waals surface area (Å²) in [4.78, 5) is 29.4. The number of ether oxygens (including phenoxy) is 2. The summed E-state index contributed by atoms with van der Waals surface area (Å²) in [5.41, 5.74) is 4.10. The zero-order valence-corrected chi connectivity index (χ0v) is 15.8. The summed E-state index contributed by atoms with van der Waals surface area (Å²) in [7, 11) is 0. The second-order valence-corrected chi connectivity index (χ2v) is 7.56. The topological polar surface area (TPSA) is 59.1 Å². The molecular formula is C22H22N2O4. The number of hydrogen-bond acceptors (Lipinski definition) is 4. The van der Waals surface area contributed by atoms with Crippen LogP contribution in [0, 0.1) is 12.8 Å². The average Bonchev–Trinajstić information content (AvgIpc) is 3.32. The number of aryl methyl sites for hydroxylation is 1. The van der Waals surface area contributed by atoms with Crippen molar-refractivity contribution in [2.45, 2.75) is 19.8 Å². The number of fused-ring (bicyclic) bond motifs is 2. The molecule has 0 saturated carbocycles. The predicted molar refractivity (Wildman–Crippen MR) is 105 cm³/mol. The Morgan fingerprint density at radius 1 is 1.11 bits per heavy atom. The van der Waals surface area contributed by atoms with Gasteiger partial charge in [0.1, 0.15) is 13.2 Å². The summed E-state index contributed by atoms with van der Waals surface area (Å²) in [6, 6.07) is 11.7. The van der Waals surface area contributed by atoms with Gasteiger partial charge in [0.25, 0.3) is 0 Å². The van der Waals surface area contributed by atoms with Crippen molar-refractivity contribution in [1.29, 1.82) is 0 Å². The Labute approximate surface area is 163 Å². The van der Waals surface area contributed by atoms with Crippen LogP contribution in [0.5, 0.6) is 11.5 Å². The standard InChI is InChI=1S/C22H22N2O4/c1-14-3-2-4-15-7-8-23(21(14)15)22(26)16-11-20(25)24(13-16)17-5-6-18-19(12-17)28-10-9-27-18/h2-6,12,16H,7-11,13H2,1H3. The van der Waals surface area contributed by atoms with Crippen molar-refractivity contribution in [2.75, 3.05) is 36.1 Å². The van der Waals surface area contributed by atoms with E-state index in [1.807, 2.05) is 42.2 Å². The van der Waals surface area contributed by atoms with Crippen LogP contribution in [0.15, 0.2) is 36.4 Å². The van der Waals surface area contributed by atoms with Crippen LogP contribution in [0.25, 0.3) is 0 Å². The van der Waals surface area contributed by atoms with E-state index >= 15 is 0 Å². The number of carbonyl (C=O) groups is 2. The summed E-state index contributed by atoms with van der Waals surface area (Å²) in [6.45, 7) is 4.15. The first-order chi connectivity index (χ1) is 13.6. The highest BCUT2D eigenvalue weighted by Gasteiger charge is 2.39. The van der Waals surface area contributed by atoms with Gasteiger partial charge >= 0.3 is 0 Å². The fraction of sp³-hybridized carbons (Fsp3) is 0.364. The van der Waals surface area contributed by atoms with Gasteiger partial charge in [-0.2, -0.15) is 0 Å². The number of amides is 2. The van der Waals surface area contributed by atoms with Gasteiger partial charge < -0.3 is 19.3 Å². The molecule has 0 bridgehead atoms. The van der Waals surface area contributed by atoms with Crippen LogP contribution >= 0.6 is 0 Å². The third-order valence-corrected chi connectivity index (χ3v) is 5.77. The molecule has 0 spiro atoms. The summed E-state index contributed by atoms with van der Waals surface area (Å²) in [5, 5.41) is 0. The molecule has 3 heterocycles.